The molecule has 0 aliphatic heterocycles. The second-order valence-electron chi connectivity index (χ2n) is 4.16. The fourth-order valence-corrected chi connectivity index (χ4v) is 1.52. The number of hydrogen-bond donors (Lipinski definition) is 1. The van der Waals surface area contributed by atoms with Crippen molar-refractivity contribution in [1.29, 1.82) is 0 Å². The first-order valence-corrected chi connectivity index (χ1v) is 6.15. The van der Waals surface area contributed by atoms with Crippen LogP contribution in [0.3, 0.4) is 0 Å². The number of aryl methyl sites for hydroxylation is 2. The number of nitrogens with one attached hydrogen (secondary N) is 1. The van der Waals surface area contributed by atoms with Gasteiger partial charge in [-0.25, -0.2) is 0 Å². The second-order valence-corrected chi connectivity index (χ2v) is 4.16. The van der Waals surface area contributed by atoms with Crippen molar-refractivity contribution in [2.75, 3.05) is 19.7 Å². The van der Waals surface area contributed by atoms with E-state index in [-0.39, 0.29) is 0 Å². The van der Waals surface area contributed by atoms with Crippen LogP contribution in [-0.2, 0) is 0 Å². The fraction of sp³-hybridized carbons (Fsp3) is 0.571. The summed E-state index contributed by atoms with van der Waals surface area (Å²) in [5.41, 5.74) is 2.62. The van der Waals surface area contributed by atoms with Crippen LogP contribution in [0.1, 0.15) is 30.9 Å². The van der Waals surface area contributed by atoms with Crippen molar-refractivity contribution < 1.29 is 4.74 Å². The maximum absolute atomic E-state index is 5.69. The molecular formula is C14H23NO. The van der Waals surface area contributed by atoms with Crippen LogP contribution in [0.15, 0.2) is 18.2 Å². The first-order valence-electron chi connectivity index (χ1n) is 6.15. The Hall–Kier alpha value is -1.02. The second kappa shape index (κ2) is 7.29. The lowest BCUT2D eigenvalue weighted by Gasteiger charge is -2.08. The molecule has 0 aromatic heterocycles. The predicted octanol–water partition coefficient (Wildman–Crippen LogP) is 3.07. The molecular weight excluding hydrogens is 198 g/mol. The summed E-state index contributed by atoms with van der Waals surface area (Å²) in [4.78, 5) is 0. The van der Waals surface area contributed by atoms with Crippen LogP contribution in [0, 0.1) is 13.8 Å². The Kier molecular flexibility index (Phi) is 5.94. The average molecular weight is 221 g/mol. The molecule has 0 saturated heterocycles. The molecule has 0 aliphatic carbocycles. The molecule has 0 fully saturated rings. The molecule has 0 spiro atoms. The molecule has 2 heteroatoms. The highest BCUT2D eigenvalue weighted by atomic mass is 16.5. The third-order valence-electron chi connectivity index (χ3n) is 2.74. The topological polar surface area (TPSA) is 21.3 Å². The van der Waals surface area contributed by atoms with E-state index in [1.807, 2.05) is 6.07 Å². The van der Waals surface area contributed by atoms with Gasteiger partial charge >= 0.3 is 0 Å². The van der Waals surface area contributed by atoms with Gasteiger partial charge in [0, 0.05) is 0 Å². The zero-order valence-corrected chi connectivity index (χ0v) is 10.7. The molecule has 0 amide bonds. The Labute approximate surface area is 99.0 Å². The van der Waals surface area contributed by atoms with Crippen molar-refractivity contribution in [2.24, 2.45) is 0 Å². The van der Waals surface area contributed by atoms with Gasteiger partial charge in [0.15, 0.2) is 0 Å². The number of hydrogen-bond acceptors (Lipinski definition) is 2. The Bertz CT molecular complexity index is 310. The van der Waals surface area contributed by atoms with E-state index in [1.165, 1.54) is 17.5 Å². The highest BCUT2D eigenvalue weighted by molar-refractivity contribution is 5.33. The summed E-state index contributed by atoms with van der Waals surface area (Å²) >= 11 is 0. The van der Waals surface area contributed by atoms with Crippen molar-refractivity contribution in [2.45, 2.75) is 33.6 Å². The van der Waals surface area contributed by atoms with Gasteiger partial charge in [0.2, 0.25) is 0 Å². The molecule has 0 aliphatic rings. The molecule has 2 nitrogen and oxygen atoms in total. The smallest absolute Gasteiger partial charge is 0.119 e. The van der Waals surface area contributed by atoms with E-state index in [4.69, 9.17) is 4.74 Å². The summed E-state index contributed by atoms with van der Waals surface area (Å²) in [5.74, 6) is 0.992. The minimum Gasteiger partial charge on any atom is -0.494 e. The van der Waals surface area contributed by atoms with Crippen LogP contribution >= 0.6 is 0 Å². The van der Waals surface area contributed by atoms with Gasteiger partial charge in [0.25, 0.3) is 0 Å². The lowest BCUT2D eigenvalue weighted by atomic mass is 10.1. The quantitative estimate of drug-likeness (QED) is 0.714. The van der Waals surface area contributed by atoms with Gasteiger partial charge in [-0.3, -0.25) is 0 Å². The van der Waals surface area contributed by atoms with E-state index in [0.717, 1.165) is 31.9 Å². The summed E-state index contributed by atoms with van der Waals surface area (Å²) in [5, 5.41) is 3.31. The molecule has 0 radical (unpaired) electrons. The highest BCUT2D eigenvalue weighted by Crippen LogP contribution is 2.16. The van der Waals surface area contributed by atoms with E-state index >= 15 is 0 Å². The first-order chi connectivity index (χ1) is 7.74. The minimum atomic E-state index is 0.813. The number of benzene rings is 1. The number of unbranched alkanes of at least 4 members (excludes halogenated alkanes) is 1. The van der Waals surface area contributed by atoms with Gasteiger partial charge in [-0.1, -0.05) is 13.0 Å². The standard InChI is InChI=1S/C14H23NO/c1-4-15-9-5-6-10-16-14-8-7-12(2)13(3)11-14/h7-8,11,15H,4-6,9-10H2,1-3H3. The maximum atomic E-state index is 5.69. The van der Waals surface area contributed by atoms with E-state index < -0.39 is 0 Å². The summed E-state index contributed by atoms with van der Waals surface area (Å²) in [7, 11) is 0. The van der Waals surface area contributed by atoms with E-state index in [2.05, 4.69) is 38.2 Å². The number of ether oxygens (including phenoxy) is 1. The van der Waals surface area contributed by atoms with Gasteiger partial charge in [0.05, 0.1) is 6.61 Å². The summed E-state index contributed by atoms with van der Waals surface area (Å²) in [6.07, 6.45) is 2.29. The van der Waals surface area contributed by atoms with Crippen LogP contribution in [0.25, 0.3) is 0 Å². The van der Waals surface area contributed by atoms with Crippen LogP contribution < -0.4 is 10.1 Å². The largest absolute Gasteiger partial charge is 0.494 e. The maximum Gasteiger partial charge on any atom is 0.119 e. The fourth-order valence-electron chi connectivity index (χ4n) is 1.52. The third-order valence-corrected chi connectivity index (χ3v) is 2.74. The van der Waals surface area contributed by atoms with Crippen molar-refractivity contribution >= 4 is 0 Å². The predicted molar refractivity (Wildman–Crippen MR) is 69.2 cm³/mol. The monoisotopic (exact) mass is 221 g/mol. The van der Waals surface area contributed by atoms with E-state index in [1.54, 1.807) is 0 Å². The molecule has 0 heterocycles. The van der Waals surface area contributed by atoms with Crippen LogP contribution in [-0.4, -0.2) is 19.7 Å². The summed E-state index contributed by atoms with van der Waals surface area (Å²) in [6.45, 7) is 9.33. The molecule has 0 bridgehead atoms. The Morgan fingerprint density at radius 3 is 2.62 bits per heavy atom. The lowest BCUT2D eigenvalue weighted by molar-refractivity contribution is 0.306. The van der Waals surface area contributed by atoms with E-state index in [0.29, 0.717) is 0 Å². The molecule has 1 N–H and O–H groups in total. The van der Waals surface area contributed by atoms with Crippen molar-refractivity contribution in [3.63, 3.8) is 0 Å². The SMILES string of the molecule is CCNCCCCOc1ccc(C)c(C)c1. The zero-order valence-electron chi connectivity index (χ0n) is 10.7. The van der Waals surface area contributed by atoms with Gasteiger partial charge in [-0.15, -0.1) is 0 Å². The molecule has 0 atom stereocenters. The van der Waals surface area contributed by atoms with Crippen molar-refractivity contribution in [3.8, 4) is 5.75 Å². The van der Waals surface area contributed by atoms with Crippen molar-refractivity contribution in [3.05, 3.63) is 29.3 Å². The zero-order chi connectivity index (χ0) is 11.8. The van der Waals surface area contributed by atoms with Gasteiger partial charge in [0.1, 0.15) is 5.75 Å². The van der Waals surface area contributed by atoms with Gasteiger partial charge in [-0.2, -0.15) is 0 Å². The molecule has 16 heavy (non-hydrogen) atoms. The Balaban J connectivity index is 2.19. The van der Waals surface area contributed by atoms with Gasteiger partial charge < -0.3 is 10.1 Å². The van der Waals surface area contributed by atoms with Crippen LogP contribution in [0.4, 0.5) is 0 Å². The summed E-state index contributed by atoms with van der Waals surface area (Å²) in [6, 6.07) is 6.27. The molecule has 90 valence electrons. The van der Waals surface area contributed by atoms with Gasteiger partial charge in [-0.05, 0) is 63.0 Å². The normalized spacial score (nSPS) is 10.4. The molecule has 1 aromatic carbocycles. The third kappa shape index (κ3) is 4.67. The Morgan fingerprint density at radius 1 is 1.12 bits per heavy atom. The number of rotatable bonds is 7. The molecule has 1 aromatic rings. The van der Waals surface area contributed by atoms with E-state index in [9.17, 15) is 0 Å². The Morgan fingerprint density at radius 2 is 1.94 bits per heavy atom. The lowest BCUT2D eigenvalue weighted by Crippen LogP contribution is -2.14. The first kappa shape index (κ1) is 13.0. The molecule has 0 saturated carbocycles. The molecule has 1 rings (SSSR count). The molecule has 0 unspecified atom stereocenters. The minimum absolute atomic E-state index is 0.813. The summed E-state index contributed by atoms with van der Waals surface area (Å²) < 4.78 is 5.69. The highest BCUT2D eigenvalue weighted by Gasteiger charge is 1.96. The average Bonchev–Trinajstić information content (AvgIpc) is 2.28. The van der Waals surface area contributed by atoms with Crippen molar-refractivity contribution in [1.82, 2.24) is 5.32 Å². The van der Waals surface area contributed by atoms with Crippen LogP contribution in [0.2, 0.25) is 0 Å². The van der Waals surface area contributed by atoms with Crippen LogP contribution in [0.5, 0.6) is 5.75 Å².